The molecule has 1 aromatic rings. The quantitative estimate of drug-likeness (QED) is 0.614. The molecule has 1 rings (SSSR count). The van der Waals surface area contributed by atoms with Gasteiger partial charge in [-0.2, -0.15) is 8.42 Å². The third-order valence-corrected chi connectivity index (χ3v) is 3.25. The first-order valence-corrected chi connectivity index (χ1v) is 6.95. The second-order valence-corrected chi connectivity index (χ2v) is 5.40. The molecule has 17 heavy (non-hydrogen) atoms. The Kier molecular flexibility index (Phi) is 4.69. The van der Waals surface area contributed by atoms with Crippen molar-refractivity contribution in [1.82, 2.24) is 0 Å². The van der Waals surface area contributed by atoms with E-state index in [4.69, 9.17) is 4.74 Å². The van der Waals surface area contributed by atoms with Crippen LogP contribution in [0.25, 0.3) is 0 Å². The predicted molar refractivity (Wildman–Crippen MR) is 67.6 cm³/mol. The van der Waals surface area contributed by atoms with Gasteiger partial charge in [-0.3, -0.25) is 0 Å². The van der Waals surface area contributed by atoms with Crippen LogP contribution in [0, 0.1) is 0 Å². The largest absolute Gasteiger partial charge is 0.478 e. The van der Waals surface area contributed by atoms with Gasteiger partial charge in [0.1, 0.15) is 0 Å². The van der Waals surface area contributed by atoms with Crippen LogP contribution in [0.1, 0.15) is 27.2 Å². The summed E-state index contributed by atoms with van der Waals surface area (Å²) in [5.74, 6) is 0.240. The average molecular weight is 255 g/mol. The van der Waals surface area contributed by atoms with E-state index in [1.807, 2.05) is 20.8 Å². The van der Waals surface area contributed by atoms with Crippen molar-refractivity contribution in [2.24, 2.45) is 4.40 Å². The monoisotopic (exact) mass is 255 g/mol. The van der Waals surface area contributed by atoms with Crippen LogP contribution in [-0.2, 0) is 14.8 Å². The minimum absolute atomic E-state index is 0.0836. The summed E-state index contributed by atoms with van der Waals surface area (Å²) in [5.41, 5.74) is 0. The minimum Gasteiger partial charge on any atom is -0.478 e. The number of nitrogens with zero attached hydrogens (tertiary/aromatic N) is 1. The Morgan fingerprint density at radius 2 is 1.88 bits per heavy atom. The van der Waals surface area contributed by atoms with E-state index in [1.54, 1.807) is 18.2 Å². The zero-order valence-electron chi connectivity index (χ0n) is 10.3. The molecular weight excluding hydrogens is 238 g/mol. The van der Waals surface area contributed by atoms with Gasteiger partial charge in [0.2, 0.25) is 0 Å². The highest BCUT2D eigenvalue weighted by Gasteiger charge is 2.14. The normalized spacial score (nSPS) is 12.8. The first kappa shape index (κ1) is 13.7. The average Bonchev–Trinajstić information content (AvgIpc) is 2.28. The Labute approximate surface area is 102 Å². The van der Waals surface area contributed by atoms with Crippen molar-refractivity contribution in [2.75, 3.05) is 0 Å². The van der Waals surface area contributed by atoms with E-state index < -0.39 is 10.0 Å². The lowest BCUT2D eigenvalue weighted by Gasteiger charge is -2.10. The van der Waals surface area contributed by atoms with E-state index in [0.29, 0.717) is 6.42 Å². The molecule has 0 aliphatic heterocycles. The molecular formula is C12H17NO3S. The maximum absolute atomic E-state index is 11.9. The molecule has 0 amide bonds. The number of ether oxygens (including phenoxy) is 1. The van der Waals surface area contributed by atoms with Crippen LogP contribution in [-0.4, -0.2) is 20.4 Å². The molecule has 0 bridgehead atoms. The summed E-state index contributed by atoms with van der Waals surface area (Å²) in [4.78, 5) is 0.179. The van der Waals surface area contributed by atoms with Crippen LogP contribution >= 0.6 is 0 Å². The number of rotatable bonds is 4. The zero-order chi connectivity index (χ0) is 12.9. The van der Waals surface area contributed by atoms with Crippen molar-refractivity contribution >= 4 is 15.9 Å². The van der Waals surface area contributed by atoms with E-state index in [1.165, 1.54) is 12.1 Å². The van der Waals surface area contributed by atoms with Gasteiger partial charge in [0, 0.05) is 6.42 Å². The van der Waals surface area contributed by atoms with Gasteiger partial charge >= 0.3 is 0 Å². The van der Waals surface area contributed by atoms with E-state index in [9.17, 15) is 8.42 Å². The summed E-state index contributed by atoms with van der Waals surface area (Å²) in [7, 11) is -3.65. The van der Waals surface area contributed by atoms with Crippen molar-refractivity contribution in [3.63, 3.8) is 0 Å². The molecule has 0 saturated carbocycles. The minimum atomic E-state index is -3.65. The van der Waals surface area contributed by atoms with Gasteiger partial charge in [0.05, 0.1) is 11.0 Å². The third-order valence-electron chi connectivity index (χ3n) is 1.94. The molecule has 0 fully saturated rings. The number of benzene rings is 1. The molecule has 0 spiro atoms. The lowest BCUT2D eigenvalue weighted by atomic mass is 10.4. The molecule has 0 atom stereocenters. The molecule has 94 valence electrons. The summed E-state index contributed by atoms with van der Waals surface area (Å²) in [6.07, 6.45) is 0.365. The molecule has 4 nitrogen and oxygen atoms in total. The van der Waals surface area contributed by atoms with Crippen LogP contribution in [0.5, 0.6) is 0 Å². The van der Waals surface area contributed by atoms with Gasteiger partial charge in [0.25, 0.3) is 10.0 Å². The molecule has 1 aromatic carbocycles. The molecule has 0 aliphatic rings. The Morgan fingerprint density at radius 3 is 2.35 bits per heavy atom. The highest BCUT2D eigenvalue weighted by Crippen LogP contribution is 2.12. The maximum atomic E-state index is 11.9. The molecule has 0 unspecified atom stereocenters. The van der Waals surface area contributed by atoms with E-state index >= 15 is 0 Å². The summed E-state index contributed by atoms with van der Waals surface area (Å²) in [6, 6.07) is 8.12. The van der Waals surface area contributed by atoms with Crippen LogP contribution < -0.4 is 0 Å². The van der Waals surface area contributed by atoms with Gasteiger partial charge in [-0.1, -0.05) is 25.1 Å². The smallest absolute Gasteiger partial charge is 0.285 e. The van der Waals surface area contributed by atoms with Crippen molar-refractivity contribution in [2.45, 2.75) is 38.2 Å². The Bertz CT molecular complexity index is 478. The predicted octanol–water partition coefficient (Wildman–Crippen LogP) is 2.61. The number of hydrogen-bond acceptors (Lipinski definition) is 3. The Morgan fingerprint density at radius 1 is 1.29 bits per heavy atom. The van der Waals surface area contributed by atoms with E-state index in [-0.39, 0.29) is 16.9 Å². The standard InChI is InChI=1S/C12H17NO3S/c1-4-12(16-10(2)3)13-17(14,15)11-8-6-5-7-9-11/h5-10H,4H2,1-3H3/b13-12+. The van der Waals surface area contributed by atoms with Crippen molar-refractivity contribution < 1.29 is 13.2 Å². The summed E-state index contributed by atoms with van der Waals surface area (Å²) < 4.78 is 32.9. The topological polar surface area (TPSA) is 55.7 Å². The van der Waals surface area contributed by atoms with Crippen LogP contribution in [0.15, 0.2) is 39.6 Å². The van der Waals surface area contributed by atoms with Crippen LogP contribution in [0.2, 0.25) is 0 Å². The fraction of sp³-hybridized carbons (Fsp3) is 0.417. The van der Waals surface area contributed by atoms with Gasteiger partial charge in [-0.25, -0.2) is 0 Å². The fourth-order valence-electron chi connectivity index (χ4n) is 1.22. The first-order chi connectivity index (χ1) is 7.95. The van der Waals surface area contributed by atoms with Crippen LogP contribution in [0.3, 0.4) is 0 Å². The molecule has 0 aliphatic carbocycles. The number of sulfonamides is 1. The SMILES string of the molecule is CC/C(=N\S(=O)(=O)c1ccccc1)OC(C)C. The number of hydrogen-bond donors (Lipinski definition) is 0. The summed E-state index contributed by atoms with van der Waals surface area (Å²) in [6.45, 7) is 5.47. The first-order valence-electron chi connectivity index (χ1n) is 5.51. The third kappa shape index (κ3) is 4.19. The second-order valence-electron chi connectivity index (χ2n) is 3.79. The highest BCUT2D eigenvalue weighted by molar-refractivity contribution is 7.90. The van der Waals surface area contributed by atoms with Crippen molar-refractivity contribution in [3.8, 4) is 0 Å². The van der Waals surface area contributed by atoms with Gasteiger partial charge in [-0.15, -0.1) is 4.40 Å². The molecule has 0 aromatic heterocycles. The second kappa shape index (κ2) is 5.82. The van der Waals surface area contributed by atoms with Gasteiger partial charge < -0.3 is 4.74 Å². The van der Waals surface area contributed by atoms with Crippen molar-refractivity contribution in [3.05, 3.63) is 30.3 Å². The summed E-state index contributed by atoms with van der Waals surface area (Å²) in [5, 5.41) is 0. The molecule has 0 heterocycles. The lowest BCUT2D eigenvalue weighted by Crippen LogP contribution is -2.13. The molecule has 0 radical (unpaired) electrons. The van der Waals surface area contributed by atoms with Crippen molar-refractivity contribution in [1.29, 1.82) is 0 Å². The molecule has 5 heteroatoms. The fourth-order valence-corrected chi connectivity index (χ4v) is 2.27. The molecule has 0 saturated heterocycles. The molecule has 0 N–H and O–H groups in total. The highest BCUT2D eigenvalue weighted by atomic mass is 32.2. The van der Waals surface area contributed by atoms with E-state index in [2.05, 4.69) is 4.40 Å². The van der Waals surface area contributed by atoms with Gasteiger partial charge in [0.15, 0.2) is 5.90 Å². The maximum Gasteiger partial charge on any atom is 0.285 e. The summed E-state index contributed by atoms with van der Waals surface area (Å²) >= 11 is 0. The Balaban J connectivity index is 3.03. The van der Waals surface area contributed by atoms with E-state index in [0.717, 1.165) is 0 Å². The lowest BCUT2D eigenvalue weighted by molar-refractivity contribution is 0.223. The zero-order valence-corrected chi connectivity index (χ0v) is 11.1. The Hall–Kier alpha value is -1.36. The van der Waals surface area contributed by atoms with Crippen LogP contribution in [0.4, 0.5) is 0 Å². The van der Waals surface area contributed by atoms with Gasteiger partial charge in [-0.05, 0) is 26.0 Å².